The molecule has 0 fully saturated rings. The van der Waals surface area contributed by atoms with E-state index < -0.39 is 32.3 Å². The summed E-state index contributed by atoms with van der Waals surface area (Å²) in [5.41, 5.74) is -0.157. The molecule has 0 saturated carbocycles. The second-order valence-electron chi connectivity index (χ2n) is 3.47. The minimum absolute atomic E-state index is 0.157. The Morgan fingerprint density at radius 3 is 2.00 bits per heavy atom. The molecule has 108 valence electrons. The summed E-state index contributed by atoms with van der Waals surface area (Å²) in [6.07, 6.45) is 0. The normalized spacial score (nSPS) is 11.2. The van der Waals surface area contributed by atoms with E-state index in [1.165, 1.54) is 7.11 Å². The third kappa shape index (κ3) is 2.61. The summed E-state index contributed by atoms with van der Waals surface area (Å²) in [5.74, 6) is -2.23. The molecule has 0 aliphatic heterocycles. The van der Waals surface area contributed by atoms with Crippen LogP contribution in [0.4, 0.5) is 5.69 Å². The summed E-state index contributed by atoms with van der Waals surface area (Å²) in [4.78, 5) is -0.927. The van der Waals surface area contributed by atoms with Crippen molar-refractivity contribution in [2.75, 3.05) is 26.1 Å². The summed E-state index contributed by atoms with van der Waals surface area (Å²) in [6, 6.07) is 0. The number of anilines is 1. The number of rotatable bonds is 5. The number of phenolic OH excluding ortho intramolecular Hbond substituents is 2. The van der Waals surface area contributed by atoms with Crippen LogP contribution in [0.25, 0.3) is 0 Å². The van der Waals surface area contributed by atoms with Crippen molar-refractivity contribution in [3.05, 3.63) is 0 Å². The Morgan fingerprint density at radius 1 is 1.11 bits per heavy atom. The van der Waals surface area contributed by atoms with Gasteiger partial charge in [0.2, 0.25) is 5.75 Å². The quantitative estimate of drug-likeness (QED) is 0.357. The molecular weight excluding hydrogens is 278 g/mol. The third-order valence-electron chi connectivity index (χ3n) is 2.34. The molecule has 19 heavy (non-hydrogen) atoms. The van der Waals surface area contributed by atoms with Gasteiger partial charge in [-0.15, -0.1) is 0 Å². The summed E-state index contributed by atoms with van der Waals surface area (Å²) in [7, 11) is -2.49. The van der Waals surface area contributed by atoms with Gasteiger partial charge in [0.05, 0.1) is 14.2 Å². The van der Waals surface area contributed by atoms with Crippen molar-refractivity contribution < 1.29 is 32.7 Å². The molecule has 0 aliphatic carbocycles. The zero-order chi connectivity index (χ0) is 14.8. The van der Waals surface area contributed by atoms with Crippen molar-refractivity contribution in [1.29, 1.82) is 0 Å². The molecule has 0 heterocycles. The van der Waals surface area contributed by atoms with Crippen molar-refractivity contribution in [3.8, 4) is 23.0 Å². The lowest BCUT2D eigenvalue weighted by Crippen LogP contribution is -2.07. The standard InChI is InChI=1S/C10H15NO7S/c1-4-11-5-6(12)10(19(14,15)16)9(18-3)7(13)8(5)17-2/h11-13H,4H2,1-3H3,(H,14,15,16). The van der Waals surface area contributed by atoms with Crippen LogP contribution in [0.5, 0.6) is 23.0 Å². The smallest absolute Gasteiger partial charge is 0.302 e. The van der Waals surface area contributed by atoms with Crippen molar-refractivity contribution >= 4 is 15.8 Å². The molecule has 0 amide bonds. The largest absolute Gasteiger partial charge is 0.504 e. The van der Waals surface area contributed by atoms with Crippen LogP contribution in [-0.2, 0) is 10.1 Å². The molecular formula is C10H15NO7S. The molecule has 0 atom stereocenters. The van der Waals surface area contributed by atoms with E-state index >= 15 is 0 Å². The number of aromatic hydroxyl groups is 2. The van der Waals surface area contributed by atoms with Gasteiger partial charge in [-0.2, -0.15) is 8.42 Å². The number of nitrogens with one attached hydrogen (secondary N) is 1. The molecule has 0 unspecified atom stereocenters. The van der Waals surface area contributed by atoms with Gasteiger partial charge in [-0.3, -0.25) is 4.55 Å². The van der Waals surface area contributed by atoms with Crippen LogP contribution >= 0.6 is 0 Å². The molecule has 9 heteroatoms. The Labute approximate surface area is 110 Å². The lowest BCUT2D eigenvalue weighted by Gasteiger charge is -2.18. The van der Waals surface area contributed by atoms with E-state index in [1.807, 2.05) is 0 Å². The van der Waals surface area contributed by atoms with Crippen molar-refractivity contribution in [1.82, 2.24) is 0 Å². The Kier molecular flexibility index (Phi) is 4.32. The van der Waals surface area contributed by atoms with Gasteiger partial charge in [-0.25, -0.2) is 0 Å². The fourth-order valence-corrected chi connectivity index (χ4v) is 2.39. The summed E-state index contributed by atoms with van der Waals surface area (Å²) >= 11 is 0. The Balaban J connectivity index is 3.83. The van der Waals surface area contributed by atoms with Crippen LogP contribution in [0, 0.1) is 0 Å². The van der Waals surface area contributed by atoms with Gasteiger partial charge in [0, 0.05) is 6.54 Å². The van der Waals surface area contributed by atoms with Gasteiger partial charge in [0.15, 0.2) is 22.1 Å². The minimum atomic E-state index is -4.80. The fraction of sp³-hybridized carbons (Fsp3) is 0.400. The highest BCUT2D eigenvalue weighted by Gasteiger charge is 2.32. The maximum absolute atomic E-state index is 11.3. The number of hydrogen-bond acceptors (Lipinski definition) is 7. The first-order chi connectivity index (χ1) is 8.79. The number of hydrogen-bond donors (Lipinski definition) is 4. The molecule has 8 nitrogen and oxygen atoms in total. The fourth-order valence-electron chi connectivity index (χ4n) is 1.63. The number of phenols is 2. The van der Waals surface area contributed by atoms with Gasteiger partial charge in [-0.1, -0.05) is 0 Å². The zero-order valence-electron chi connectivity index (χ0n) is 10.6. The maximum atomic E-state index is 11.3. The number of ether oxygens (including phenoxy) is 2. The van der Waals surface area contributed by atoms with Gasteiger partial charge < -0.3 is 25.0 Å². The van der Waals surface area contributed by atoms with Crippen molar-refractivity contribution in [3.63, 3.8) is 0 Å². The Bertz CT molecular complexity index is 582. The Morgan fingerprint density at radius 2 is 1.63 bits per heavy atom. The van der Waals surface area contributed by atoms with E-state index in [9.17, 15) is 18.6 Å². The number of benzene rings is 1. The summed E-state index contributed by atoms with van der Waals surface area (Å²) in [5, 5.41) is 22.5. The van der Waals surface area contributed by atoms with Gasteiger partial charge in [-0.05, 0) is 6.92 Å². The Hall–Kier alpha value is -1.87. The lowest BCUT2D eigenvalue weighted by atomic mass is 10.2. The van der Waals surface area contributed by atoms with Crippen LogP contribution in [0.15, 0.2) is 4.90 Å². The van der Waals surface area contributed by atoms with Crippen LogP contribution < -0.4 is 14.8 Å². The van der Waals surface area contributed by atoms with E-state index in [2.05, 4.69) is 5.32 Å². The molecule has 0 radical (unpaired) electrons. The second kappa shape index (κ2) is 5.41. The molecule has 4 N–H and O–H groups in total. The highest BCUT2D eigenvalue weighted by molar-refractivity contribution is 7.86. The van der Waals surface area contributed by atoms with E-state index in [0.717, 1.165) is 7.11 Å². The monoisotopic (exact) mass is 293 g/mol. The summed E-state index contributed by atoms with van der Waals surface area (Å²) < 4.78 is 41.3. The van der Waals surface area contributed by atoms with Crippen molar-refractivity contribution in [2.24, 2.45) is 0 Å². The SMILES string of the molecule is CCNc1c(O)c(S(=O)(=O)O)c(OC)c(O)c1OC. The van der Waals surface area contributed by atoms with Crippen molar-refractivity contribution in [2.45, 2.75) is 11.8 Å². The maximum Gasteiger partial charge on any atom is 0.302 e. The van der Waals surface area contributed by atoms with Gasteiger partial charge in [0.25, 0.3) is 0 Å². The van der Waals surface area contributed by atoms with Crippen LogP contribution in [-0.4, -0.2) is 43.9 Å². The van der Waals surface area contributed by atoms with Crippen LogP contribution in [0.1, 0.15) is 6.92 Å². The van der Waals surface area contributed by atoms with E-state index in [4.69, 9.17) is 14.0 Å². The molecule has 0 aliphatic rings. The molecule has 1 aromatic carbocycles. The topological polar surface area (TPSA) is 125 Å². The first-order valence-corrected chi connectivity index (χ1v) is 6.64. The minimum Gasteiger partial charge on any atom is -0.504 e. The number of methoxy groups -OCH3 is 2. The predicted molar refractivity (Wildman–Crippen MR) is 66.9 cm³/mol. The first-order valence-electron chi connectivity index (χ1n) is 5.20. The van der Waals surface area contributed by atoms with E-state index in [0.29, 0.717) is 6.54 Å². The van der Waals surface area contributed by atoms with Gasteiger partial charge >= 0.3 is 10.1 Å². The average molecular weight is 293 g/mol. The predicted octanol–water partition coefficient (Wildman–Crippen LogP) is 0.793. The highest BCUT2D eigenvalue weighted by Crippen LogP contribution is 2.52. The molecule has 1 rings (SSSR count). The second-order valence-corrected chi connectivity index (χ2v) is 4.83. The third-order valence-corrected chi connectivity index (χ3v) is 3.23. The first kappa shape index (κ1) is 15.2. The molecule has 0 spiro atoms. The highest BCUT2D eigenvalue weighted by atomic mass is 32.2. The summed E-state index contributed by atoms with van der Waals surface area (Å²) in [6.45, 7) is 2.01. The average Bonchev–Trinajstić information content (AvgIpc) is 2.32. The molecule has 0 aromatic heterocycles. The molecule has 0 saturated heterocycles. The molecule has 1 aromatic rings. The lowest BCUT2D eigenvalue weighted by molar-refractivity contribution is 0.324. The van der Waals surface area contributed by atoms with E-state index in [1.54, 1.807) is 6.92 Å². The van der Waals surface area contributed by atoms with E-state index in [-0.39, 0.29) is 11.4 Å². The molecule has 0 bridgehead atoms. The van der Waals surface area contributed by atoms with Crippen LogP contribution in [0.2, 0.25) is 0 Å². The van der Waals surface area contributed by atoms with Crippen LogP contribution in [0.3, 0.4) is 0 Å². The van der Waals surface area contributed by atoms with Gasteiger partial charge in [0.1, 0.15) is 5.69 Å². The zero-order valence-corrected chi connectivity index (χ0v) is 11.4.